The summed E-state index contributed by atoms with van der Waals surface area (Å²) in [5.41, 5.74) is 6.95. The van der Waals surface area contributed by atoms with Crippen LogP contribution in [-0.2, 0) is 10.0 Å². The highest BCUT2D eigenvalue weighted by Crippen LogP contribution is 2.25. The first-order chi connectivity index (χ1) is 9.31. The second kappa shape index (κ2) is 5.13. The smallest absolute Gasteiger partial charge is 0.262 e. The van der Waals surface area contributed by atoms with E-state index in [0.29, 0.717) is 16.8 Å². The molecule has 0 fully saturated rings. The summed E-state index contributed by atoms with van der Waals surface area (Å²) in [6, 6.07) is 8.94. The minimum atomic E-state index is -3.88. The van der Waals surface area contributed by atoms with Crippen LogP contribution in [0.2, 0.25) is 0 Å². The zero-order valence-electron chi connectivity index (χ0n) is 11.1. The Hall–Kier alpha value is -2.08. The Morgan fingerprint density at radius 2 is 1.80 bits per heavy atom. The Bertz CT molecular complexity index is 738. The third kappa shape index (κ3) is 2.75. The number of halogens is 1. The van der Waals surface area contributed by atoms with Crippen LogP contribution in [0.25, 0.3) is 0 Å². The summed E-state index contributed by atoms with van der Waals surface area (Å²) < 4.78 is 40.7. The van der Waals surface area contributed by atoms with Crippen LogP contribution in [0.15, 0.2) is 41.3 Å². The number of aryl methyl sites for hydroxylation is 2. The van der Waals surface area contributed by atoms with Gasteiger partial charge in [-0.15, -0.1) is 0 Å². The van der Waals surface area contributed by atoms with E-state index < -0.39 is 15.8 Å². The second-order valence-corrected chi connectivity index (χ2v) is 6.21. The fraction of sp³-hybridized carbons (Fsp3) is 0.143. The minimum absolute atomic E-state index is 0.0418. The molecule has 2 rings (SSSR count). The van der Waals surface area contributed by atoms with Gasteiger partial charge in [0, 0.05) is 5.69 Å². The van der Waals surface area contributed by atoms with Crippen LogP contribution in [0, 0.1) is 19.7 Å². The third-order valence-corrected chi connectivity index (χ3v) is 4.45. The van der Waals surface area contributed by atoms with E-state index in [0.717, 1.165) is 0 Å². The molecule has 0 amide bonds. The van der Waals surface area contributed by atoms with Crippen molar-refractivity contribution in [3.05, 3.63) is 53.3 Å². The summed E-state index contributed by atoms with van der Waals surface area (Å²) in [4.78, 5) is 0.0418. The molecule has 2 aromatic rings. The minimum Gasteiger partial charge on any atom is -0.399 e. The van der Waals surface area contributed by atoms with E-state index in [1.807, 2.05) is 0 Å². The van der Waals surface area contributed by atoms with Gasteiger partial charge in [0.2, 0.25) is 0 Å². The Morgan fingerprint density at radius 3 is 2.45 bits per heavy atom. The van der Waals surface area contributed by atoms with Gasteiger partial charge in [-0.05, 0) is 43.2 Å². The molecule has 0 bridgehead atoms. The van der Waals surface area contributed by atoms with Gasteiger partial charge in [-0.1, -0.05) is 18.2 Å². The van der Waals surface area contributed by atoms with Crippen LogP contribution >= 0.6 is 0 Å². The van der Waals surface area contributed by atoms with E-state index in [2.05, 4.69) is 4.72 Å². The van der Waals surface area contributed by atoms with Gasteiger partial charge < -0.3 is 5.73 Å². The van der Waals surface area contributed by atoms with Crippen LogP contribution in [0.5, 0.6) is 0 Å². The predicted molar refractivity (Wildman–Crippen MR) is 77.5 cm³/mol. The van der Waals surface area contributed by atoms with Gasteiger partial charge in [-0.25, -0.2) is 12.8 Å². The van der Waals surface area contributed by atoms with Crippen LogP contribution in [0.1, 0.15) is 11.1 Å². The van der Waals surface area contributed by atoms with Crippen molar-refractivity contribution in [2.45, 2.75) is 18.7 Å². The normalized spacial score (nSPS) is 11.3. The molecule has 2 aromatic carbocycles. The molecule has 3 N–H and O–H groups in total. The second-order valence-electron chi connectivity index (χ2n) is 4.56. The monoisotopic (exact) mass is 294 g/mol. The lowest BCUT2D eigenvalue weighted by molar-refractivity contribution is 0.598. The lowest BCUT2D eigenvalue weighted by Gasteiger charge is -2.13. The fourth-order valence-corrected chi connectivity index (χ4v) is 3.28. The number of nitrogen functional groups attached to an aromatic ring is 1. The Balaban J connectivity index is 2.49. The maximum Gasteiger partial charge on any atom is 0.262 e. The molecule has 0 spiro atoms. The largest absolute Gasteiger partial charge is 0.399 e. The number of para-hydroxylation sites is 1. The molecule has 0 aliphatic carbocycles. The molecule has 6 heteroatoms. The molecular formula is C14H15FN2O2S. The average molecular weight is 294 g/mol. The van der Waals surface area contributed by atoms with E-state index in [1.165, 1.54) is 18.2 Å². The topological polar surface area (TPSA) is 72.2 Å². The number of hydrogen-bond donors (Lipinski definition) is 2. The van der Waals surface area contributed by atoms with Crippen molar-refractivity contribution in [2.24, 2.45) is 0 Å². The van der Waals surface area contributed by atoms with Gasteiger partial charge in [0.25, 0.3) is 10.0 Å². The molecule has 0 aliphatic heterocycles. The molecule has 0 radical (unpaired) electrons. The highest BCUT2D eigenvalue weighted by molar-refractivity contribution is 7.92. The molecule has 106 valence electrons. The molecule has 0 unspecified atom stereocenters. The van der Waals surface area contributed by atoms with Gasteiger partial charge >= 0.3 is 0 Å². The molecule has 0 saturated carbocycles. The summed E-state index contributed by atoms with van der Waals surface area (Å²) in [6.07, 6.45) is 0. The first-order valence-corrected chi connectivity index (χ1v) is 7.43. The van der Waals surface area contributed by atoms with Gasteiger partial charge in [0.05, 0.1) is 10.6 Å². The average Bonchev–Trinajstić information content (AvgIpc) is 2.37. The maximum atomic E-state index is 13.7. The van der Waals surface area contributed by atoms with Gasteiger partial charge in [-0.2, -0.15) is 0 Å². The molecule has 0 atom stereocenters. The fourth-order valence-electron chi connectivity index (χ4n) is 1.86. The summed E-state index contributed by atoms with van der Waals surface area (Å²) in [7, 11) is -3.88. The van der Waals surface area contributed by atoms with E-state index in [1.54, 1.807) is 32.0 Å². The number of nitrogens with two attached hydrogens (primary N) is 1. The van der Waals surface area contributed by atoms with E-state index in [9.17, 15) is 12.8 Å². The van der Waals surface area contributed by atoms with E-state index in [-0.39, 0.29) is 10.6 Å². The Labute approximate surface area is 117 Å². The van der Waals surface area contributed by atoms with Gasteiger partial charge in [-0.3, -0.25) is 4.72 Å². The molecule has 4 nitrogen and oxygen atoms in total. The van der Waals surface area contributed by atoms with Crippen molar-refractivity contribution in [3.8, 4) is 0 Å². The van der Waals surface area contributed by atoms with Crippen molar-refractivity contribution in [3.63, 3.8) is 0 Å². The van der Waals surface area contributed by atoms with Crippen molar-refractivity contribution < 1.29 is 12.8 Å². The standard InChI is InChI=1S/C14H15FN2O2S/c1-9-6-7-11(16)8-13(9)20(18,19)17-14-10(2)4-3-5-12(14)15/h3-8,17H,16H2,1-2H3. The SMILES string of the molecule is Cc1ccc(N)cc1S(=O)(=O)Nc1c(C)cccc1F. The summed E-state index contributed by atoms with van der Waals surface area (Å²) in [6.45, 7) is 3.29. The maximum absolute atomic E-state index is 13.7. The molecule has 0 aromatic heterocycles. The quantitative estimate of drug-likeness (QED) is 0.855. The highest BCUT2D eigenvalue weighted by Gasteiger charge is 2.19. The summed E-state index contributed by atoms with van der Waals surface area (Å²) >= 11 is 0. The summed E-state index contributed by atoms with van der Waals surface area (Å²) in [5, 5.41) is 0. The van der Waals surface area contributed by atoms with Crippen molar-refractivity contribution in [2.75, 3.05) is 10.5 Å². The van der Waals surface area contributed by atoms with Gasteiger partial charge in [0.15, 0.2) is 0 Å². The zero-order valence-corrected chi connectivity index (χ0v) is 12.0. The molecule has 0 heterocycles. The van der Waals surface area contributed by atoms with Crippen molar-refractivity contribution in [1.82, 2.24) is 0 Å². The first kappa shape index (κ1) is 14.3. The van der Waals surface area contributed by atoms with Crippen molar-refractivity contribution in [1.29, 1.82) is 0 Å². The van der Waals surface area contributed by atoms with E-state index in [4.69, 9.17) is 5.73 Å². The van der Waals surface area contributed by atoms with Crippen molar-refractivity contribution >= 4 is 21.4 Å². The number of anilines is 2. The number of rotatable bonds is 3. The van der Waals surface area contributed by atoms with Crippen LogP contribution < -0.4 is 10.5 Å². The summed E-state index contributed by atoms with van der Waals surface area (Å²) in [5.74, 6) is -0.616. The predicted octanol–water partition coefficient (Wildman–Crippen LogP) is 2.83. The lowest BCUT2D eigenvalue weighted by atomic mass is 10.2. The highest BCUT2D eigenvalue weighted by atomic mass is 32.2. The lowest BCUT2D eigenvalue weighted by Crippen LogP contribution is -2.16. The molecule has 20 heavy (non-hydrogen) atoms. The van der Waals surface area contributed by atoms with Gasteiger partial charge in [0.1, 0.15) is 5.82 Å². The number of sulfonamides is 1. The van der Waals surface area contributed by atoms with Crippen LogP contribution in [0.3, 0.4) is 0 Å². The van der Waals surface area contributed by atoms with Crippen LogP contribution in [0.4, 0.5) is 15.8 Å². The van der Waals surface area contributed by atoms with E-state index >= 15 is 0 Å². The Kier molecular flexibility index (Phi) is 3.67. The zero-order chi connectivity index (χ0) is 14.9. The number of benzene rings is 2. The number of nitrogens with one attached hydrogen (secondary N) is 1. The Morgan fingerprint density at radius 1 is 1.10 bits per heavy atom. The van der Waals surface area contributed by atoms with Crippen LogP contribution in [-0.4, -0.2) is 8.42 Å². The molecular weight excluding hydrogens is 279 g/mol. The third-order valence-electron chi connectivity index (χ3n) is 2.96. The molecule has 0 saturated heterocycles. The first-order valence-electron chi connectivity index (χ1n) is 5.95. The number of hydrogen-bond acceptors (Lipinski definition) is 3. The molecule has 0 aliphatic rings.